The van der Waals surface area contributed by atoms with Crippen LogP contribution in [0, 0.1) is 17.9 Å². The lowest BCUT2D eigenvalue weighted by Crippen LogP contribution is -2.10. The molecule has 11 rings (SSSR count). The van der Waals surface area contributed by atoms with Crippen LogP contribution in [0.3, 0.4) is 0 Å². The summed E-state index contributed by atoms with van der Waals surface area (Å²) in [5.74, 6) is 1.44. The maximum absolute atomic E-state index is 10.5. The molecule has 8 aromatic carbocycles. The van der Waals surface area contributed by atoms with E-state index in [1.807, 2.05) is 72.8 Å². The summed E-state index contributed by atoms with van der Waals surface area (Å²) in [4.78, 5) is 20.4. The van der Waals surface area contributed by atoms with Crippen molar-refractivity contribution in [1.29, 1.82) is 5.26 Å². The summed E-state index contributed by atoms with van der Waals surface area (Å²) in [5.41, 5.74) is 15.7. The number of nitrogens with zero attached hydrogens (tertiary/aromatic N) is 7. The van der Waals surface area contributed by atoms with Crippen LogP contribution in [0.2, 0.25) is 0 Å². The van der Waals surface area contributed by atoms with E-state index < -0.39 is 0 Å². The molecule has 0 bridgehead atoms. The summed E-state index contributed by atoms with van der Waals surface area (Å²) in [6, 6.07) is 59.9. The Morgan fingerprint density at radius 2 is 0.829 bits per heavy atom. The molecular formula is C69H63N7. The van der Waals surface area contributed by atoms with Crippen molar-refractivity contribution in [2.75, 3.05) is 0 Å². The lowest BCUT2D eigenvalue weighted by Gasteiger charge is -2.20. The SMILES string of the molecule is [C-]#[N+]c1ccc(-c2nc(-c3ccccc3)nc(-c3cc(-c4ccccc4C#N)ccc3-n3c4ccc(C(C)(C)C)cc4c4cc(C(C)(C)C)ccc43)n2)c(-n2c3ccc(C(C)(C)C)cc3c3cc(C(C)(C)C)ccc32)c1. The largest absolute Gasteiger partial charge is 0.310 e. The normalized spacial score (nSPS) is 12.4. The maximum Gasteiger partial charge on any atom is 0.189 e. The van der Waals surface area contributed by atoms with Gasteiger partial charge in [0.25, 0.3) is 0 Å². The molecule has 11 aromatic rings. The fourth-order valence-electron chi connectivity index (χ4n) is 10.6. The van der Waals surface area contributed by atoms with Crippen LogP contribution in [0.5, 0.6) is 0 Å². The summed E-state index contributed by atoms with van der Waals surface area (Å²) in [6.45, 7) is 35.4. The van der Waals surface area contributed by atoms with E-state index in [9.17, 15) is 5.26 Å². The average molecular weight is 990 g/mol. The third kappa shape index (κ3) is 8.70. The molecule has 7 heteroatoms. The highest BCUT2D eigenvalue weighted by atomic mass is 15.1. The zero-order valence-electron chi connectivity index (χ0n) is 45.7. The molecule has 7 nitrogen and oxygen atoms in total. The molecule has 3 aromatic heterocycles. The van der Waals surface area contributed by atoms with Gasteiger partial charge in [0, 0.05) is 43.9 Å². The topological polar surface area (TPSA) is 76.7 Å². The van der Waals surface area contributed by atoms with Gasteiger partial charge in [0.15, 0.2) is 23.2 Å². The highest BCUT2D eigenvalue weighted by Crippen LogP contribution is 2.44. The number of benzene rings is 8. The minimum atomic E-state index is -0.0780. The molecule has 0 unspecified atom stereocenters. The standard InChI is InChI=1S/C69H63N7/c1-66(2,3)45-24-31-57-52(36-45)53-37-46(67(4,5)6)25-32-58(53)75(57)61-30-23-43(50-22-18-17-21-44(50)41-70)35-56(61)65-73-63(42-19-15-14-16-20-42)72-64(74-65)51-29-28-49(71-13)40-62(51)76-59-33-26-47(68(7,8)9)38-54(59)55-39-48(69(10,11)12)27-34-60(55)76/h14-40H,1-12H3. The molecular weight excluding hydrogens is 927 g/mol. The van der Waals surface area contributed by atoms with Gasteiger partial charge in [0.1, 0.15) is 0 Å². The van der Waals surface area contributed by atoms with Gasteiger partial charge in [-0.05, 0) is 128 Å². The fraction of sp³-hybridized carbons (Fsp3) is 0.232. The zero-order valence-corrected chi connectivity index (χ0v) is 45.7. The Kier molecular flexibility index (Phi) is 11.8. The third-order valence-corrected chi connectivity index (χ3v) is 15.1. The molecule has 0 N–H and O–H groups in total. The molecule has 3 heterocycles. The molecule has 0 aliphatic rings. The Bertz CT molecular complexity index is 4080. The predicted octanol–water partition coefficient (Wildman–Crippen LogP) is 18.3. The second-order valence-corrected chi connectivity index (χ2v) is 24.5. The molecule has 374 valence electrons. The highest BCUT2D eigenvalue weighted by molar-refractivity contribution is 6.12. The zero-order chi connectivity index (χ0) is 53.6. The van der Waals surface area contributed by atoms with E-state index in [0.29, 0.717) is 28.7 Å². The van der Waals surface area contributed by atoms with Crippen molar-refractivity contribution < 1.29 is 0 Å². The van der Waals surface area contributed by atoms with Crippen molar-refractivity contribution >= 4 is 49.3 Å². The summed E-state index contributed by atoms with van der Waals surface area (Å²) in [6.07, 6.45) is 0. The molecule has 0 saturated carbocycles. The Balaban J connectivity index is 1.24. The van der Waals surface area contributed by atoms with Crippen LogP contribution >= 0.6 is 0 Å². The molecule has 0 atom stereocenters. The predicted molar refractivity (Wildman–Crippen MR) is 316 cm³/mol. The van der Waals surface area contributed by atoms with Gasteiger partial charge in [-0.3, -0.25) is 0 Å². The second kappa shape index (κ2) is 18.0. The Labute approximate surface area is 447 Å². The van der Waals surface area contributed by atoms with Crippen molar-refractivity contribution in [3.05, 3.63) is 203 Å². The number of rotatable bonds is 6. The van der Waals surface area contributed by atoms with Gasteiger partial charge in [-0.1, -0.05) is 174 Å². The van der Waals surface area contributed by atoms with E-state index in [1.165, 1.54) is 33.0 Å². The molecule has 0 amide bonds. The van der Waals surface area contributed by atoms with Crippen LogP contribution in [0.15, 0.2) is 164 Å². The lowest BCUT2D eigenvalue weighted by molar-refractivity contribution is 0.590. The van der Waals surface area contributed by atoms with Gasteiger partial charge in [-0.2, -0.15) is 5.26 Å². The molecule has 0 saturated heterocycles. The van der Waals surface area contributed by atoms with Gasteiger partial charge in [-0.15, -0.1) is 0 Å². The number of aromatic nitrogens is 5. The van der Waals surface area contributed by atoms with Crippen molar-refractivity contribution in [3.8, 4) is 62.7 Å². The first-order chi connectivity index (χ1) is 36.1. The number of fused-ring (bicyclic) bond motifs is 6. The number of nitriles is 1. The van der Waals surface area contributed by atoms with E-state index in [1.54, 1.807) is 0 Å². The first-order valence-electron chi connectivity index (χ1n) is 26.3. The maximum atomic E-state index is 10.5. The average Bonchev–Trinajstić information content (AvgIpc) is 3.92. The van der Waals surface area contributed by atoms with E-state index in [0.717, 1.165) is 72.0 Å². The first kappa shape index (κ1) is 49.6. The summed E-state index contributed by atoms with van der Waals surface area (Å²) >= 11 is 0. The van der Waals surface area contributed by atoms with Crippen molar-refractivity contribution in [1.82, 2.24) is 24.1 Å². The summed E-state index contributed by atoms with van der Waals surface area (Å²) in [7, 11) is 0. The van der Waals surface area contributed by atoms with Crippen LogP contribution in [0.4, 0.5) is 5.69 Å². The highest BCUT2D eigenvalue weighted by Gasteiger charge is 2.27. The molecule has 0 radical (unpaired) electrons. The van der Waals surface area contributed by atoms with Gasteiger partial charge in [0.05, 0.1) is 46.0 Å². The van der Waals surface area contributed by atoms with Crippen molar-refractivity contribution in [2.24, 2.45) is 0 Å². The van der Waals surface area contributed by atoms with Gasteiger partial charge in [0.2, 0.25) is 0 Å². The van der Waals surface area contributed by atoms with Gasteiger partial charge in [-0.25, -0.2) is 19.8 Å². The van der Waals surface area contributed by atoms with Crippen molar-refractivity contribution in [2.45, 2.75) is 105 Å². The van der Waals surface area contributed by atoms with Crippen LogP contribution in [0.25, 0.3) is 105 Å². The minimum absolute atomic E-state index is 0.0733. The lowest BCUT2D eigenvalue weighted by atomic mass is 9.85. The first-order valence-corrected chi connectivity index (χ1v) is 26.3. The Hall–Kier alpha value is -8.65. The Morgan fingerprint density at radius 3 is 1.29 bits per heavy atom. The Morgan fingerprint density at radius 1 is 0.395 bits per heavy atom. The van der Waals surface area contributed by atoms with Crippen LogP contribution in [-0.4, -0.2) is 24.1 Å². The van der Waals surface area contributed by atoms with Crippen LogP contribution in [0.1, 0.15) is 111 Å². The van der Waals surface area contributed by atoms with E-state index >= 15 is 0 Å². The second-order valence-electron chi connectivity index (χ2n) is 24.5. The van der Waals surface area contributed by atoms with Crippen molar-refractivity contribution in [3.63, 3.8) is 0 Å². The minimum Gasteiger partial charge on any atom is -0.310 e. The number of hydrogen-bond donors (Lipinski definition) is 0. The van der Waals surface area contributed by atoms with E-state index in [2.05, 4.69) is 194 Å². The summed E-state index contributed by atoms with van der Waals surface area (Å²) in [5, 5.41) is 15.1. The fourth-order valence-corrected chi connectivity index (χ4v) is 10.6. The number of hydrogen-bond acceptors (Lipinski definition) is 4. The molecule has 0 aliphatic heterocycles. The van der Waals surface area contributed by atoms with E-state index in [4.69, 9.17) is 21.5 Å². The monoisotopic (exact) mass is 990 g/mol. The van der Waals surface area contributed by atoms with E-state index in [-0.39, 0.29) is 21.7 Å². The molecule has 0 spiro atoms. The van der Waals surface area contributed by atoms with Gasteiger partial charge >= 0.3 is 0 Å². The van der Waals surface area contributed by atoms with Gasteiger partial charge < -0.3 is 9.13 Å². The van der Waals surface area contributed by atoms with Crippen LogP contribution < -0.4 is 0 Å². The van der Waals surface area contributed by atoms with Crippen LogP contribution in [-0.2, 0) is 21.7 Å². The smallest absolute Gasteiger partial charge is 0.189 e. The summed E-state index contributed by atoms with van der Waals surface area (Å²) < 4.78 is 4.65. The third-order valence-electron chi connectivity index (χ3n) is 15.1. The quantitative estimate of drug-likeness (QED) is 0.156. The molecule has 0 fully saturated rings. The molecule has 0 aliphatic carbocycles. The molecule has 76 heavy (non-hydrogen) atoms.